The number of aryl methyl sites for hydroxylation is 1. The molecule has 0 unspecified atom stereocenters. The molecule has 216 valence electrons. The van der Waals surface area contributed by atoms with Crippen molar-refractivity contribution in [2.24, 2.45) is 0 Å². The van der Waals surface area contributed by atoms with Gasteiger partial charge in [0.15, 0.2) is 11.4 Å². The summed E-state index contributed by atoms with van der Waals surface area (Å²) in [6.07, 6.45) is 2.64. The zero-order valence-corrected chi connectivity index (χ0v) is 24.9. The molecular formula is C26H37N7O6Si. The van der Waals surface area contributed by atoms with Crippen molar-refractivity contribution in [2.45, 2.75) is 33.0 Å². The van der Waals surface area contributed by atoms with E-state index in [1.54, 1.807) is 12.3 Å². The van der Waals surface area contributed by atoms with Crippen molar-refractivity contribution in [3.63, 3.8) is 0 Å². The lowest BCUT2D eigenvalue weighted by Crippen LogP contribution is -2.42. The number of hydrogen-bond donors (Lipinski definition) is 2. The molecule has 0 bridgehead atoms. The van der Waals surface area contributed by atoms with Gasteiger partial charge in [-0.15, -0.1) is 0 Å². The normalized spacial score (nSPS) is 14.1. The molecule has 4 heterocycles. The number of anilines is 2. The van der Waals surface area contributed by atoms with Crippen LogP contribution in [0, 0.1) is 6.92 Å². The van der Waals surface area contributed by atoms with Crippen LogP contribution < -0.4 is 30.3 Å². The number of rotatable bonds is 12. The molecule has 0 radical (unpaired) electrons. The molecule has 3 aromatic heterocycles. The molecule has 0 aliphatic carbocycles. The Bertz CT molecular complexity index is 1280. The van der Waals surface area contributed by atoms with Gasteiger partial charge in [0, 0.05) is 37.5 Å². The van der Waals surface area contributed by atoms with E-state index in [2.05, 4.69) is 55.1 Å². The summed E-state index contributed by atoms with van der Waals surface area (Å²) in [5, 5.41) is 5.92. The fraction of sp³-hybridized carbons (Fsp3) is 0.500. The molecule has 1 amide bonds. The van der Waals surface area contributed by atoms with E-state index < -0.39 is 14.0 Å². The van der Waals surface area contributed by atoms with Crippen LogP contribution in [-0.2, 0) is 4.74 Å². The first-order chi connectivity index (χ1) is 19.2. The Labute approximate surface area is 234 Å². The van der Waals surface area contributed by atoms with Crippen LogP contribution in [-0.4, -0.2) is 92.4 Å². The molecule has 3 aromatic rings. The summed E-state index contributed by atoms with van der Waals surface area (Å²) >= 11 is 0. The lowest BCUT2D eigenvalue weighted by molar-refractivity contribution is 0.0378. The maximum Gasteiger partial charge on any atom is 0.291 e. The quantitative estimate of drug-likeness (QED) is 0.243. The summed E-state index contributed by atoms with van der Waals surface area (Å²) < 4.78 is 27.8. The summed E-state index contributed by atoms with van der Waals surface area (Å²) in [4.78, 5) is 33.2. The van der Waals surface area contributed by atoms with Gasteiger partial charge in [-0.3, -0.25) is 9.69 Å². The average molecular weight is 572 g/mol. The predicted octanol–water partition coefficient (Wildman–Crippen LogP) is 2.91. The fourth-order valence-electron chi connectivity index (χ4n) is 3.89. The third kappa shape index (κ3) is 7.46. The van der Waals surface area contributed by atoms with E-state index >= 15 is 0 Å². The number of nitrogens with zero attached hydrogens (tertiary/aromatic N) is 5. The molecule has 0 spiro atoms. The third-order valence-corrected chi connectivity index (χ3v) is 7.69. The lowest BCUT2D eigenvalue weighted by Gasteiger charge is -2.26. The largest absolute Gasteiger partial charge is 0.479 e. The van der Waals surface area contributed by atoms with E-state index in [-0.39, 0.29) is 29.2 Å². The van der Waals surface area contributed by atoms with Crippen LogP contribution in [0.15, 0.2) is 22.7 Å². The fourth-order valence-corrected chi connectivity index (χ4v) is 4.78. The van der Waals surface area contributed by atoms with Gasteiger partial charge < -0.3 is 34.0 Å². The van der Waals surface area contributed by atoms with Crippen molar-refractivity contribution in [1.82, 2.24) is 24.8 Å². The van der Waals surface area contributed by atoms with Crippen molar-refractivity contribution >= 4 is 31.1 Å². The monoisotopic (exact) mass is 571 g/mol. The van der Waals surface area contributed by atoms with Crippen LogP contribution in [0.1, 0.15) is 22.5 Å². The second-order valence-corrected chi connectivity index (χ2v) is 15.2. The van der Waals surface area contributed by atoms with Crippen LogP contribution in [0.3, 0.4) is 0 Å². The van der Waals surface area contributed by atoms with E-state index in [4.69, 9.17) is 23.4 Å². The van der Waals surface area contributed by atoms with Gasteiger partial charge in [-0.05, 0) is 26.0 Å². The minimum atomic E-state index is -1.74. The molecule has 0 saturated carbocycles. The molecule has 13 nitrogen and oxygen atoms in total. The molecule has 2 N–H and O–H groups in total. The minimum absolute atomic E-state index is 0.0153. The first kappa shape index (κ1) is 29.2. The number of carbonyl (C=O) groups is 1. The predicted molar refractivity (Wildman–Crippen MR) is 152 cm³/mol. The van der Waals surface area contributed by atoms with Crippen LogP contribution in [0.4, 0.5) is 11.6 Å². The topological polar surface area (TPSA) is 146 Å². The van der Waals surface area contributed by atoms with Crippen molar-refractivity contribution in [3.8, 4) is 23.6 Å². The van der Waals surface area contributed by atoms with E-state index in [0.717, 1.165) is 50.3 Å². The molecule has 40 heavy (non-hydrogen) atoms. The highest BCUT2D eigenvalue weighted by atomic mass is 28.3. The van der Waals surface area contributed by atoms with Gasteiger partial charge in [0.05, 0.1) is 27.4 Å². The van der Waals surface area contributed by atoms with Crippen molar-refractivity contribution < 1.29 is 28.2 Å². The van der Waals surface area contributed by atoms with Gasteiger partial charge in [0.1, 0.15) is 13.5 Å². The standard InChI is InChI=1S/C26H37N7O6Si/c1-17-16-28-26(40(4,5)6)32-22(17)39-19-9-8-18(38-19)21(34)29-20-23(35-2)30-25(31-24(20)36-3)27-10-7-11-33-12-14-37-15-13-33/h8-9,16H,7,10-15H2,1-6H3,(H,29,34)(H,27,30,31). The Morgan fingerprint density at radius 1 is 1.05 bits per heavy atom. The second kappa shape index (κ2) is 13.1. The zero-order chi connectivity index (χ0) is 28.7. The van der Waals surface area contributed by atoms with Crippen LogP contribution in [0.5, 0.6) is 23.6 Å². The molecule has 4 rings (SSSR count). The molecule has 14 heteroatoms. The van der Waals surface area contributed by atoms with Crippen LogP contribution in [0.2, 0.25) is 19.6 Å². The van der Waals surface area contributed by atoms with E-state index in [1.807, 2.05) is 6.92 Å². The van der Waals surface area contributed by atoms with Crippen molar-refractivity contribution in [2.75, 3.05) is 64.2 Å². The number of carbonyl (C=O) groups excluding carboxylic acids is 1. The lowest BCUT2D eigenvalue weighted by atomic mass is 10.3. The number of ether oxygens (including phenoxy) is 4. The summed E-state index contributed by atoms with van der Waals surface area (Å²) in [5.74, 6) is 0.605. The van der Waals surface area contributed by atoms with Crippen LogP contribution >= 0.6 is 0 Å². The number of nitrogens with one attached hydrogen (secondary N) is 2. The van der Waals surface area contributed by atoms with Gasteiger partial charge in [-0.1, -0.05) is 19.6 Å². The van der Waals surface area contributed by atoms with Crippen molar-refractivity contribution in [1.29, 1.82) is 0 Å². The maximum absolute atomic E-state index is 13.0. The van der Waals surface area contributed by atoms with Gasteiger partial charge >= 0.3 is 0 Å². The summed E-state index contributed by atoms with van der Waals surface area (Å²) in [6, 6.07) is 3.06. The zero-order valence-electron chi connectivity index (χ0n) is 23.9. The minimum Gasteiger partial charge on any atom is -0.479 e. The van der Waals surface area contributed by atoms with Gasteiger partial charge in [0.25, 0.3) is 11.9 Å². The summed E-state index contributed by atoms with van der Waals surface area (Å²) in [5.41, 5.74) is 1.71. The molecule has 1 fully saturated rings. The van der Waals surface area contributed by atoms with E-state index in [9.17, 15) is 4.79 Å². The molecule has 0 atom stereocenters. The first-order valence-corrected chi connectivity index (χ1v) is 16.6. The number of hydrogen-bond acceptors (Lipinski definition) is 12. The second-order valence-electron chi connectivity index (χ2n) is 10.3. The third-order valence-electron chi connectivity index (χ3n) is 6.10. The number of aromatic nitrogens is 4. The number of morpholine rings is 1. The summed E-state index contributed by atoms with van der Waals surface area (Å²) in [6.45, 7) is 13.3. The molecule has 1 aliphatic rings. The molecule has 0 aromatic carbocycles. The maximum atomic E-state index is 13.0. The number of amides is 1. The SMILES string of the molecule is COc1nc(NCCCN2CCOCC2)nc(OC)c1NC(=O)c1ccc(Oc2nc([Si](C)(C)C)ncc2C)o1. The highest BCUT2D eigenvalue weighted by Gasteiger charge is 2.24. The Kier molecular flexibility index (Phi) is 9.55. The Balaban J connectivity index is 1.41. The summed E-state index contributed by atoms with van der Waals surface area (Å²) in [7, 11) is 1.17. The molecular weight excluding hydrogens is 534 g/mol. The van der Waals surface area contributed by atoms with Crippen LogP contribution in [0.25, 0.3) is 0 Å². The number of furan rings is 1. The van der Waals surface area contributed by atoms with Gasteiger partial charge in [-0.2, -0.15) is 9.97 Å². The smallest absolute Gasteiger partial charge is 0.291 e. The number of methoxy groups -OCH3 is 2. The highest BCUT2D eigenvalue weighted by Crippen LogP contribution is 2.33. The first-order valence-electron chi connectivity index (χ1n) is 13.1. The Morgan fingerprint density at radius 2 is 1.75 bits per heavy atom. The van der Waals surface area contributed by atoms with Gasteiger partial charge in [-0.25, -0.2) is 9.97 Å². The Morgan fingerprint density at radius 3 is 2.40 bits per heavy atom. The average Bonchev–Trinajstić information content (AvgIpc) is 3.41. The molecule has 1 saturated heterocycles. The van der Waals surface area contributed by atoms with E-state index in [0.29, 0.717) is 18.4 Å². The van der Waals surface area contributed by atoms with Gasteiger partial charge in [0.2, 0.25) is 23.6 Å². The Hall–Kier alpha value is -3.75. The molecule has 1 aliphatic heterocycles. The highest BCUT2D eigenvalue weighted by molar-refractivity contribution is 6.87. The van der Waals surface area contributed by atoms with E-state index in [1.165, 1.54) is 20.3 Å². The van der Waals surface area contributed by atoms with Crippen molar-refractivity contribution in [3.05, 3.63) is 29.7 Å².